The maximum atomic E-state index is 7.08. The molecule has 0 bridgehead atoms. The second-order valence-corrected chi connectivity index (χ2v) is 0.254. The third kappa shape index (κ3) is 14.1. The van der Waals surface area contributed by atoms with Gasteiger partial charge in [0.1, 0.15) is 0 Å². The fraction of sp³-hybridized carbons (Fsp3) is 0. The summed E-state index contributed by atoms with van der Waals surface area (Å²) in [5.41, 5.74) is 1.22. The monoisotopic (exact) mass is 78.0 g/mol. The largest absolute Gasteiger partial charge is 0.344 e. The minimum absolute atomic E-state index is 0. The molecule has 0 heterocycles. The molecule has 0 spiro atoms. The Labute approximate surface area is 29.6 Å². The Morgan fingerprint density at radius 1 is 1.75 bits per heavy atom. The maximum absolute atomic E-state index is 7.08. The van der Waals surface area contributed by atoms with Gasteiger partial charge in [0, 0.05) is 11.6 Å². The quantitative estimate of drug-likeness (QED) is 0.467. The molecule has 3 heteroatoms. The molecule has 0 atom stereocenters. The Morgan fingerprint density at radius 2 is 1.75 bits per heavy atom. The molecule has 0 aromatic heterocycles. The van der Waals surface area contributed by atoms with Gasteiger partial charge in [0.25, 0.3) is 0 Å². The van der Waals surface area contributed by atoms with Gasteiger partial charge in [0.2, 0.25) is 0 Å². The van der Waals surface area contributed by atoms with Gasteiger partial charge in [-0.25, -0.2) is 0 Å². The molecule has 0 amide bonds. The lowest BCUT2D eigenvalue weighted by Crippen LogP contribution is -0.952. The lowest BCUT2D eigenvalue weighted by atomic mass is 11.8. The number of rotatable bonds is 0. The minimum atomic E-state index is 0. The van der Waals surface area contributed by atoms with Crippen molar-refractivity contribution in [2.75, 3.05) is 0 Å². The fourth-order valence-corrected chi connectivity index (χ4v) is 0. The van der Waals surface area contributed by atoms with Gasteiger partial charge in [-0.1, -0.05) is 0 Å². The second kappa shape index (κ2) is 15.1. The number of nitrogens with zero attached hydrogens (tertiary/aromatic N) is 1. The highest BCUT2D eigenvalue weighted by molar-refractivity contribution is 6.28. The average Bonchev–Trinajstić information content (AvgIpc) is 0.918. The van der Waals surface area contributed by atoms with E-state index in [2.05, 4.69) is 11.6 Å². The lowest BCUT2D eigenvalue weighted by Gasteiger charge is -1.10. The first kappa shape index (κ1) is 9.27. The molecule has 0 aliphatic carbocycles. The minimum Gasteiger partial charge on any atom is -0.344 e. The predicted octanol–water partition coefficient (Wildman–Crippen LogP) is 0.868. The van der Waals surface area contributed by atoms with Crippen LogP contribution in [0.3, 0.4) is 0 Å². The van der Waals surface area contributed by atoms with E-state index in [-0.39, 0.29) is 6.15 Å². The van der Waals surface area contributed by atoms with Gasteiger partial charge >= 0.3 is 0 Å². The third-order valence-electron chi connectivity index (χ3n) is 0. The molecular formula is CH3ClN2. The molecule has 0 rings (SSSR count). The zero-order chi connectivity index (χ0) is 2.71. The van der Waals surface area contributed by atoms with Crippen LogP contribution in [0.5, 0.6) is 0 Å². The summed E-state index contributed by atoms with van der Waals surface area (Å²) in [4.78, 5) is 0. The van der Waals surface area contributed by atoms with E-state index >= 15 is 0 Å². The first-order valence-electron chi connectivity index (χ1n) is 0.413. The van der Waals surface area contributed by atoms with Crippen LogP contribution in [0.15, 0.2) is 0 Å². The molecule has 0 radical (unpaired) electrons. The van der Waals surface area contributed by atoms with Crippen LogP contribution in [0.25, 0.3) is 0 Å². The Hall–Kier alpha value is -0.260. The highest BCUT2D eigenvalue weighted by Gasteiger charge is 1.23. The fourth-order valence-electron chi connectivity index (χ4n) is 0. The maximum Gasteiger partial charge on any atom is 0.173 e. The Kier molecular flexibility index (Phi) is 35.1. The van der Waals surface area contributed by atoms with Crippen LogP contribution >= 0.6 is 11.6 Å². The van der Waals surface area contributed by atoms with Gasteiger partial charge in [-0.05, 0) is 0 Å². The van der Waals surface area contributed by atoms with E-state index in [1.807, 2.05) is 0 Å². The van der Waals surface area contributed by atoms with Crippen LogP contribution in [0.2, 0.25) is 0 Å². The highest BCUT2D eigenvalue weighted by atomic mass is 35.5. The molecule has 2 nitrogen and oxygen atoms in total. The van der Waals surface area contributed by atoms with Gasteiger partial charge in [-0.3, -0.25) is 0 Å². The van der Waals surface area contributed by atoms with Crippen molar-refractivity contribution < 1.29 is 0 Å². The smallest absolute Gasteiger partial charge is 0.173 e. The second-order valence-electron chi connectivity index (χ2n) is 0.0845. The van der Waals surface area contributed by atoms with Crippen molar-refractivity contribution >= 4 is 11.6 Å². The molecule has 3 N–H and O–H groups in total. The van der Waals surface area contributed by atoms with Crippen molar-refractivity contribution in [3.8, 4) is 5.53 Å². The van der Waals surface area contributed by atoms with Crippen molar-refractivity contribution in [3.05, 3.63) is 0 Å². The molecule has 0 unspecified atom stereocenters. The first-order chi connectivity index (χ1) is 1.41. The summed E-state index contributed by atoms with van der Waals surface area (Å²) >= 11 is 4.30. The van der Waals surface area contributed by atoms with Crippen LogP contribution < -0.4 is 6.15 Å². The zero-order valence-electron chi connectivity index (χ0n) is 2.03. The number of nitriles is 1. The molecule has 0 aromatic carbocycles. The molecule has 24 valence electrons. The van der Waals surface area contributed by atoms with E-state index < -0.39 is 0 Å². The van der Waals surface area contributed by atoms with Gasteiger partial charge in [0.15, 0.2) is 5.53 Å². The molecule has 0 aromatic rings. The van der Waals surface area contributed by atoms with Gasteiger partial charge < -0.3 is 6.15 Å². The molecule has 0 fully saturated rings. The normalized spacial score (nSPS) is 2.00. The molecule has 0 saturated carbocycles. The van der Waals surface area contributed by atoms with Gasteiger partial charge in [-0.2, -0.15) is 5.26 Å². The molecular weight excluding hydrogens is 75.5 g/mol. The molecule has 0 aliphatic rings. The summed E-state index contributed by atoms with van der Waals surface area (Å²) in [7, 11) is 0. The molecule has 0 aliphatic heterocycles. The zero-order valence-corrected chi connectivity index (χ0v) is 2.79. The van der Waals surface area contributed by atoms with Crippen LogP contribution in [0, 0.1) is 10.8 Å². The van der Waals surface area contributed by atoms with Crippen LogP contribution in [0.1, 0.15) is 0 Å². The third-order valence-corrected chi connectivity index (χ3v) is 0. The van der Waals surface area contributed by atoms with Gasteiger partial charge in [0.05, 0.1) is 0 Å². The van der Waals surface area contributed by atoms with Crippen molar-refractivity contribution in [2.24, 2.45) is 0 Å². The van der Waals surface area contributed by atoms with E-state index in [1.54, 1.807) is 0 Å². The number of hydrogen-bond acceptors (Lipinski definition) is 2. The van der Waals surface area contributed by atoms with Crippen molar-refractivity contribution in [1.29, 1.82) is 5.26 Å². The summed E-state index contributed by atoms with van der Waals surface area (Å²) in [6.07, 6.45) is 0. The van der Waals surface area contributed by atoms with Gasteiger partial charge in [-0.15, -0.1) is 0 Å². The number of hydrogen-bond donors (Lipinski definition) is 1. The summed E-state index contributed by atoms with van der Waals surface area (Å²) in [6.45, 7) is 0. The highest BCUT2D eigenvalue weighted by Crippen LogP contribution is 1.49. The number of halogens is 1. The topological polar surface area (TPSA) is 58.8 Å². The van der Waals surface area contributed by atoms with E-state index in [9.17, 15) is 0 Å². The standard InChI is InChI=1S/CClN.H3N/c2-1-3;/h;1H3. The van der Waals surface area contributed by atoms with E-state index in [0.29, 0.717) is 0 Å². The lowest BCUT2D eigenvalue weighted by molar-refractivity contribution is 1.57. The summed E-state index contributed by atoms with van der Waals surface area (Å²) in [5, 5.41) is 7.08. The van der Waals surface area contributed by atoms with E-state index in [4.69, 9.17) is 5.26 Å². The summed E-state index contributed by atoms with van der Waals surface area (Å²) in [5.74, 6) is 0. The van der Waals surface area contributed by atoms with Crippen LogP contribution in [-0.4, -0.2) is 0 Å². The average molecular weight is 78.5 g/mol. The Morgan fingerprint density at radius 3 is 1.75 bits per heavy atom. The van der Waals surface area contributed by atoms with Crippen molar-refractivity contribution in [2.45, 2.75) is 0 Å². The van der Waals surface area contributed by atoms with Crippen molar-refractivity contribution in [1.82, 2.24) is 6.15 Å². The summed E-state index contributed by atoms with van der Waals surface area (Å²) < 4.78 is 0. The van der Waals surface area contributed by atoms with Crippen LogP contribution in [-0.2, 0) is 0 Å². The Bertz CT molecular complexity index is 27.5. The summed E-state index contributed by atoms with van der Waals surface area (Å²) in [6, 6.07) is 0. The first-order valence-corrected chi connectivity index (χ1v) is 0.791. The molecule has 0 saturated heterocycles. The van der Waals surface area contributed by atoms with Crippen molar-refractivity contribution in [3.63, 3.8) is 0 Å². The molecule has 4 heavy (non-hydrogen) atoms. The SMILES string of the molecule is N.N#CCl. The van der Waals surface area contributed by atoms with E-state index in [1.165, 1.54) is 5.53 Å². The van der Waals surface area contributed by atoms with E-state index in [0.717, 1.165) is 0 Å². The Balaban J connectivity index is 0. The van der Waals surface area contributed by atoms with Crippen LogP contribution in [0.4, 0.5) is 0 Å². The predicted molar refractivity (Wildman–Crippen MR) is 16.5 cm³/mol.